The molecule has 16 heavy (non-hydrogen) atoms. The molecule has 0 radical (unpaired) electrons. The SMILES string of the molecule is COCC(C)NC(=O)c1cc(S)ccc1Br. The standard InChI is InChI=1S/C11H14BrNO2S/c1-7(6-15-2)13-11(14)9-5-8(16)3-4-10(9)12/h3-5,7,16H,6H2,1-2H3,(H,13,14). The van der Waals surface area contributed by atoms with Crippen LogP contribution in [0.2, 0.25) is 0 Å². The van der Waals surface area contributed by atoms with Gasteiger partial charge in [-0.05, 0) is 41.1 Å². The summed E-state index contributed by atoms with van der Waals surface area (Å²) in [4.78, 5) is 12.6. The van der Waals surface area contributed by atoms with Crippen LogP contribution in [0.25, 0.3) is 0 Å². The smallest absolute Gasteiger partial charge is 0.252 e. The fourth-order valence-electron chi connectivity index (χ4n) is 1.28. The summed E-state index contributed by atoms with van der Waals surface area (Å²) >= 11 is 7.54. The van der Waals surface area contributed by atoms with Crippen LogP contribution in [0.4, 0.5) is 0 Å². The van der Waals surface area contributed by atoms with Gasteiger partial charge in [0.2, 0.25) is 0 Å². The highest BCUT2D eigenvalue weighted by atomic mass is 79.9. The van der Waals surface area contributed by atoms with Gasteiger partial charge in [0, 0.05) is 22.5 Å². The van der Waals surface area contributed by atoms with Gasteiger partial charge in [-0.15, -0.1) is 12.6 Å². The first-order chi connectivity index (χ1) is 7.54. The molecule has 1 amide bonds. The van der Waals surface area contributed by atoms with E-state index < -0.39 is 0 Å². The Bertz CT molecular complexity index is 384. The van der Waals surface area contributed by atoms with Gasteiger partial charge in [0.1, 0.15) is 0 Å². The van der Waals surface area contributed by atoms with Gasteiger partial charge in [-0.25, -0.2) is 0 Å². The lowest BCUT2D eigenvalue weighted by atomic mass is 10.2. The molecule has 0 saturated heterocycles. The fourth-order valence-corrected chi connectivity index (χ4v) is 1.91. The van der Waals surface area contributed by atoms with E-state index in [1.165, 1.54) is 0 Å². The number of carbonyl (C=O) groups excluding carboxylic acids is 1. The Balaban J connectivity index is 2.76. The molecule has 0 saturated carbocycles. The maximum absolute atomic E-state index is 11.9. The lowest BCUT2D eigenvalue weighted by Crippen LogP contribution is -2.35. The van der Waals surface area contributed by atoms with Crippen LogP contribution in [-0.2, 0) is 4.74 Å². The average Bonchev–Trinajstić information content (AvgIpc) is 2.21. The quantitative estimate of drug-likeness (QED) is 0.839. The molecule has 1 unspecified atom stereocenters. The molecule has 3 nitrogen and oxygen atoms in total. The third-order valence-corrected chi connectivity index (χ3v) is 2.96. The van der Waals surface area contributed by atoms with Gasteiger partial charge in [-0.3, -0.25) is 4.79 Å². The minimum absolute atomic E-state index is 0.0204. The Hall–Kier alpha value is -0.520. The van der Waals surface area contributed by atoms with Crippen molar-refractivity contribution in [3.05, 3.63) is 28.2 Å². The predicted molar refractivity (Wildman–Crippen MR) is 70.2 cm³/mol. The molecule has 0 aliphatic carbocycles. The van der Waals surface area contributed by atoms with E-state index in [2.05, 4.69) is 33.9 Å². The molecule has 0 aliphatic rings. The predicted octanol–water partition coefficient (Wildman–Crippen LogP) is 2.50. The summed E-state index contributed by atoms with van der Waals surface area (Å²) in [5.74, 6) is -0.132. The summed E-state index contributed by atoms with van der Waals surface area (Å²) in [7, 11) is 1.60. The molecule has 5 heteroatoms. The molecule has 0 aliphatic heterocycles. The van der Waals surface area contributed by atoms with E-state index in [4.69, 9.17) is 4.74 Å². The molecule has 0 heterocycles. The zero-order valence-corrected chi connectivity index (χ0v) is 11.6. The summed E-state index contributed by atoms with van der Waals surface area (Å²) in [6, 6.07) is 5.33. The number of nitrogens with one attached hydrogen (secondary N) is 1. The minimum Gasteiger partial charge on any atom is -0.383 e. The maximum Gasteiger partial charge on any atom is 0.252 e. The first-order valence-electron chi connectivity index (χ1n) is 4.83. The third kappa shape index (κ3) is 3.81. The number of benzene rings is 1. The summed E-state index contributed by atoms with van der Waals surface area (Å²) in [6.45, 7) is 2.38. The summed E-state index contributed by atoms with van der Waals surface area (Å²) < 4.78 is 5.71. The normalized spacial score (nSPS) is 12.2. The van der Waals surface area contributed by atoms with Crippen molar-refractivity contribution >= 4 is 34.5 Å². The largest absolute Gasteiger partial charge is 0.383 e. The Morgan fingerprint density at radius 2 is 2.31 bits per heavy atom. The van der Waals surface area contributed by atoms with Gasteiger partial charge in [0.25, 0.3) is 5.91 Å². The molecule has 1 aromatic carbocycles. The van der Waals surface area contributed by atoms with E-state index in [1.807, 2.05) is 13.0 Å². The fraction of sp³-hybridized carbons (Fsp3) is 0.364. The van der Waals surface area contributed by atoms with Crippen molar-refractivity contribution < 1.29 is 9.53 Å². The molecule has 1 atom stereocenters. The van der Waals surface area contributed by atoms with Gasteiger partial charge >= 0.3 is 0 Å². The molecule has 88 valence electrons. The van der Waals surface area contributed by atoms with Crippen LogP contribution in [0.3, 0.4) is 0 Å². The van der Waals surface area contributed by atoms with E-state index in [9.17, 15) is 4.79 Å². The second kappa shape index (κ2) is 6.27. The summed E-state index contributed by atoms with van der Waals surface area (Å²) in [5, 5.41) is 2.84. The van der Waals surface area contributed by atoms with Gasteiger partial charge in [0.15, 0.2) is 0 Å². The lowest BCUT2D eigenvalue weighted by Gasteiger charge is -2.13. The monoisotopic (exact) mass is 303 g/mol. The number of rotatable bonds is 4. The maximum atomic E-state index is 11.9. The zero-order valence-electron chi connectivity index (χ0n) is 9.16. The molecule has 0 spiro atoms. The number of hydrogen-bond donors (Lipinski definition) is 2. The van der Waals surface area contributed by atoms with E-state index >= 15 is 0 Å². The van der Waals surface area contributed by atoms with Gasteiger partial charge in [-0.1, -0.05) is 0 Å². The summed E-state index contributed by atoms with van der Waals surface area (Å²) in [5.41, 5.74) is 0.579. The van der Waals surface area contributed by atoms with Crippen LogP contribution in [-0.4, -0.2) is 25.7 Å². The van der Waals surface area contributed by atoms with Crippen molar-refractivity contribution in [1.82, 2.24) is 5.32 Å². The zero-order chi connectivity index (χ0) is 12.1. The molecule has 1 N–H and O–H groups in total. The van der Waals surface area contributed by atoms with Gasteiger partial charge in [-0.2, -0.15) is 0 Å². The van der Waals surface area contributed by atoms with Crippen LogP contribution in [0.5, 0.6) is 0 Å². The van der Waals surface area contributed by atoms with Crippen molar-refractivity contribution in [2.75, 3.05) is 13.7 Å². The molecule has 0 fully saturated rings. The number of halogens is 1. The minimum atomic E-state index is -0.132. The van der Waals surface area contributed by atoms with Crippen molar-refractivity contribution in [3.63, 3.8) is 0 Å². The van der Waals surface area contributed by atoms with Crippen LogP contribution < -0.4 is 5.32 Å². The first kappa shape index (κ1) is 13.5. The van der Waals surface area contributed by atoms with Crippen LogP contribution in [0.15, 0.2) is 27.6 Å². The third-order valence-electron chi connectivity index (χ3n) is 1.99. The highest BCUT2D eigenvalue weighted by molar-refractivity contribution is 9.10. The highest BCUT2D eigenvalue weighted by Crippen LogP contribution is 2.20. The average molecular weight is 304 g/mol. The number of amides is 1. The topological polar surface area (TPSA) is 38.3 Å². The van der Waals surface area contributed by atoms with Crippen LogP contribution in [0, 0.1) is 0 Å². The number of hydrogen-bond acceptors (Lipinski definition) is 3. The molecular formula is C11H14BrNO2S. The Morgan fingerprint density at radius 3 is 2.94 bits per heavy atom. The number of carbonyl (C=O) groups is 1. The van der Waals surface area contributed by atoms with Gasteiger partial charge in [0.05, 0.1) is 12.2 Å². The van der Waals surface area contributed by atoms with Crippen LogP contribution in [0.1, 0.15) is 17.3 Å². The second-order valence-electron chi connectivity index (χ2n) is 3.49. The molecule has 1 rings (SSSR count). The Labute approximate surface area is 109 Å². The van der Waals surface area contributed by atoms with Crippen LogP contribution >= 0.6 is 28.6 Å². The number of thiol groups is 1. The van der Waals surface area contributed by atoms with Crippen molar-refractivity contribution in [1.29, 1.82) is 0 Å². The molecule has 0 aromatic heterocycles. The highest BCUT2D eigenvalue weighted by Gasteiger charge is 2.12. The Morgan fingerprint density at radius 1 is 1.62 bits per heavy atom. The van der Waals surface area contributed by atoms with E-state index in [1.54, 1.807) is 19.2 Å². The number of ether oxygens (including phenoxy) is 1. The van der Waals surface area contributed by atoms with Gasteiger partial charge < -0.3 is 10.1 Å². The molecule has 0 bridgehead atoms. The lowest BCUT2D eigenvalue weighted by molar-refractivity contribution is 0.0904. The second-order valence-corrected chi connectivity index (χ2v) is 4.86. The van der Waals surface area contributed by atoms with Crippen molar-refractivity contribution in [3.8, 4) is 0 Å². The molecular weight excluding hydrogens is 290 g/mol. The van der Waals surface area contributed by atoms with Crippen molar-refractivity contribution in [2.45, 2.75) is 17.9 Å². The van der Waals surface area contributed by atoms with E-state index in [0.717, 1.165) is 9.37 Å². The Kier molecular flexibility index (Phi) is 5.31. The molecule has 1 aromatic rings. The summed E-state index contributed by atoms with van der Waals surface area (Å²) in [6.07, 6.45) is 0. The van der Waals surface area contributed by atoms with E-state index in [-0.39, 0.29) is 11.9 Å². The first-order valence-corrected chi connectivity index (χ1v) is 6.07. The van der Waals surface area contributed by atoms with E-state index in [0.29, 0.717) is 12.2 Å². The van der Waals surface area contributed by atoms with Crippen molar-refractivity contribution in [2.24, 2.45) is 0 Å². The number of methoxy groups -OCH3 is 1.